The topological polar surface area (TPSA) is 21.3 Å². The minimum Gasteiger partial charge on any atom is -0.383 e. The van der Waals surface area contributed by atoms with E-state index in [0.29, 0.717) is 0 Å². The molecular formula is C13H21NOS. The number of hydrogen-bond donors (Lipinski definition) is 1. The molecule has 1 aromatic carbocycles. The molecule has 90 valence electrons. The van der Waals surface area contributed by atoms with Gasteiger partial charge >= 0.3 is 0 Å². The summed E-state index contributed by atoms with van der Waals surface area (Å²) in [6.07, 6.45) is 1.20. The number of ether oxygens (including phenoxy) is 1. The second-order valence-electron chi connectivity index (χ2n) is 3.76. The summed E-state index contributed by atoms with van der Waals surface area (Å²) in [4.78, 5) is 1.36. The van der Waals surface area contributed by atoms with Gasteiger partial charge in [-0.2, -0.15) is 0 Å². The predicted molar refractivity (Wildman–Crippen MR) is 71.3 cm³/mol. The van der Waals surface area contributed by atoms with Gasteiger partial charge in [-0.1, -0.05) is 17.7 Å². The third kappa shape index (κ3) is 6.16. The lowest BCUT2D eigenvalue weighted by Gasteiger charge is -2.04. The van der Waals surface area contributed by atoms with Gasteiger partial charge in [0, 0.05) is 18.6 Å². The predicted octanol–water partition coefficient (Wildman–Crippen LogP) is 2.71. The Morgan fingerprint density at radius 1 is 1.19 bits per heavy atom. The van der Waals surface area contributed by atoms with Crippen molar-refractivity contribution in [2.24, 2.45) is 0 Å². The molecule has 0 fully saturated rings. The molecule has 1 rings (SSSR count). The molecule has 0 amide bonds. The van der Waals surface area contributed by atoms with Crippen LogP contribution in [-0.4, -0.2) is 32.6 Å². The molecule has 3 heteroatoms. The second-order valence-corrected chi connectivity index (χ2v) is 4.93. The van der Waals surface area contributed by atoms with Crippen molar-refractivity contribution in [2.45, 2.75) is 18.2 Å². The molecule has 0 aliphatic carbocycles. The first-order valence-electron chi connectivity index (χ1n) is 5.72. The van der Waals surface area contributed by atoms with E-state index in [1.807, 2.05) is 11.8 Å². The summed E-state index contributed by atoms with van der Waals surface area (Å²) in [5.74, 6) is 1.17. The SMILES string of the molecule is COCCNCCCSc1ccc(C)cc1. The van der Waals surface area contributed by atoms with Gasteiger partial charge in [-0.15, -0.1) is 11.8 Å². The van der Waals surface area contributed by atoms with Crippen LogP contribution in [0.2, 0.25) is 0 Å². The lowest BCUT2D eigenvalue weighted by atomic mass is 10.2. The van der Waals surface area contributed by atoms with Gasteiger partial charge in [0.25, 0.3) is 0 Å². The van der Waals surface area contributed by atoms with Gasteiger partial charge in [0.15, 0.2) is 0 Å². The average molecular weight is 239 g/mol. The van der Waals surface area contributed by atoms with Gasteiger partial charge < -0.3 is 10.1 Å². The van der Waals surface area contributed by atoms with Crippen molar-refractivity contribution in [2.75, 3.05) is 32.6 Å². The zero-order chi connectivity index (χ0) is 11.6. The van der Waals surface area contributed by atoms with Crippen molar-refractivity contribution in [3.8, 4) is 0 Å². The van der Waals surface area contributed by atoms with Gasteiger partial charge in [-0.3, -0.25) is 0 Å². The molecule has 1 N–H and O–H groups in total. The van der Waals surface area contributed by atoms with E-state index in [1.165, 1.54) is 22.6 Å². The maximum Gasteiger partial charge on any atom is 0.0587 e. The maximum absolute atomic E-state index is 4.96. The molecule has 0 bridgehead atoms. The third-order valence-corrected chi connectivity index (χ3v) is 3.37. The standard InChI is InChI=1S/C13H21NOS/c1-12-4-6-13(7-5-12)16-11-3-8-14-9-10-15-2/h4-7,14H,3,8-11H2,1-2H3. The van der Waals surface area contributed by atoms with Crippen LogP contribution in [0.3, 0.4) is 0 Å². The molecule has 0 aromatic heterocycles. The first kappa shape index (κ1) is 13.6. The van der Waals surface area contributed by atoms with Crippen molar-refractivity contribution in [3.63, 3.8) is 0 Å². The zero-order valence-corrected chi connectivity index (χ0v) is 11.0. The first-order valence-corrected chi connectivity index (χ1v) is 6.70. The van der Waals surface area contributed by atoms with Gasteiger partial charge in [-0.25, -0.2) is 0 Å². The Labute approximate surface area is 103 Å². The molecule has 0 unspecified atom stereocenters. The molecule has 0 aliphatic heterocycles. The van der Waals surface area contributed by atoms with E-state index in [2.05, 4.69) is 36.5 Å². The minimum absolute atomic E-state index is 0.797. The van der Waals surface area contributed by atoms with Crippen LogP contribution >= 0.6 is 11.8 Å². The fourth-order valence-electron chi connectivity index (χ4n) is 1.32. The lowest BCUT2D eigenvalue weighted by molar-refractivity contribution is 0.199. The molecule has 16 heavy (non-hydrogen) atoms. The smallest absolute Gasteiger partial charge is 0.0587 e. The Kier molecular flexibility index (Phi) is 7.30. The second kappa shape index (κ2) is 8.62. The van der Waals surface area contributed by atoms with E-state index in [9.17, 15) is 0 Å². The Bertz CT molecular complexity index is 274. The number of methoxy groups -OCH3 is 1. The average Bonchev–Trinajstić information content (AvgIpc) is 2.30. The highest BCUT2D eigenvalue weighted by atomic mass is 32.2. The Morgan fingerprint density at radius 2 is 1.94 bits per heavy atom. The lowest BCUT2D eigenvalue weighted by Crippen LogP contribution is -2.20. The summed E-state index contributed by atoms with van der Waals surface area (Å²) in [7, 11) is 1.73. The van der Waals surface area contributed by atoms with E-state index in [1.54, 1.807) is 7.11 Å². The number of hydrogen-bond acceptors (Lipinski definition) is 3. The van der Waals surface area contributed by atoms with Gasteiger partial charge in [0.05, 0.1) is 6.61 Å². The zero-order valence-electron chi connectivity index (χ0n) is 10.2. The van der Waals surface area contributed by atoms with Gasteiger partial charge in [0.1, 0.15) is 0 Å². The van der Waals surface area contributed by atoms with E-state index in [4.69, 9.17) is 4.74 Å². The fraction of sp³-hybridized carbons (Fsp3) is 0.538. The van der Waals surface area contributed by atoms with Crippen LogP contribution in [0.1, 0.15) is 12.0 Å². The van der Waals surface area contributed by atoms with Crippen LogP contribution < -0.4 is 5.32 Å². The molecule has 0 saturated heterocycles. The van der Waals surface area contributed by atoms with Crippen LogP contribution in [-0.2, 0) is 4.74 Å². The van der Waals surface area contributed by atoms with Crippen molar-refractivity contribution < 1.29 is 4.74 Å². The van der Waals surface area contributed by atoms with Crippen molar-refractivity contribution >= 4 is 11.8 Å². The van der Waals surface area contributed by atoms with Crippen molar-refractivity contribution in [1.82, 2.24) is 5.32 Å². The van der Waals surface area contributed by atoms with E-state index < -0.39 is 0 Å². The summed E-state index contributed by atoms with van der Waals surface area (Å²) in [5, 5.41) is 3.34. The molecule has 2 nitrogen and oxygen atoms in total. The molecule has 0 saturated carbocycles. The number of thioether (sulfide) groups is 1. The number of benzene rings is 1. The van der Waals surface area contributed by atoms with Crippen LogP contribution in [0.5, 0.6) is 0 Å². The largest absolute Gasteiger partial charge is 0.383 e. The molecule has 0 heterocycles. The molecular weight excluding hydrogens is 218 g/mol. The Hall–Kier alpha value is -0.510. The summed E-state index contributed by atoms with van der Waals surface area (Å²) in [6, 6.07) is 8.72. The normalized spacial score (nSPS) is 10.6. The summed E-state index contributed by atoms with van der Waals surface area (Å²) >= 11 is 1.92. The van der Waals surface area contributed by atoms with Crippen molar-refractivity contribution in [3.05, 3.63) is 29.8 Å². The van der Waals surface area contributed by atoms with E-state index >= 15 is 0 Å². The van der Waals surface area contributed by atoms with Gasteiger partial charge in [-0.05, 0) is 37.8 Å². The van der Waals surface area contributed by atoms with Crippen LogP contribution in [0.4, 0.5) is 0 Å². The molecule has 0 aliphatic rings. The van der Waals surface area contributed by atoms with E-state index in [-0.39, 0.29) is 0 Å². The molecule has 0 atom stereocenters. The van der Waals surface area contributed by atoms with Crippen LogP contribution in [0, 0.1) is 6.92 Å². The Morgan fingerprint density at radius 3 is 2.62 bits per heavy atom. The fourth-order valence-corrected chi connectivity index (χ4v) is 2.17. The number of aryl methyl sites for hydroxylation is 1. The highest BCUT2D eigenvalue weighted by molar-refractivity contribution is 7.99. The summed E-state index contributed by atoms with van der Waals surface area (Å²) in [5.41, 5.74) is 1.32. The summed E-state index contributed by atoms with van der Waals surface area (Å²) in [6.45, 7) is 4.94. The number of rotatable bonds is 8. The van der Waals surface area contributed by atoms with Crippen LogP contribution in [0.25, 0.3) is 0 Å². The quantitative estimate of drug-likeness (QED) is 0.557. The van der Waals surface area contributed by atoms with E-state index in [0.717, 1.165) is 19.7 Å². The first-order chi connectivity index (χ1) is 7.83. The highest BCUT2D eigenvalue weighted by Gasteiger charge is 1.93. The minimum atomic E-state index is 0.797. The third-order valence-electron chi connectivity index (χ3n) is 2.27. The monoisotopic (exact) mass is 239 g/mol. The number of nitrogens with one attached hydrogen (secondary N) is 1. The summed E-state index contributed by atoms with van der Waals surface area (Å²) < 4.78 is 4.96. The molecule has 1 aromatic rings. The highest BCUT2D eigenvalue weighted by Crippen LogP contribution is 2.18. The maximum atomic E-state index is 4.96. The van der Waals surface area contributed by atoms with Crippen LogP contribution in [0.15, 0.2) is 29.2 Å². The molecule has 0 radical (unpaired) electrons. The van der Waals surface area contributed by atoms with Crippen molar-refractivity contribution in [1.29, 1.82) is 0 Å². The Balaban J connectivity index is 2.01. The van der Waals surface area contributed by atoms with Gasteiger partial charge in [0.2, 0.25) is 0 Å². The molecule has 0 spiro atoms.